The van der Waals surface area contributed by atoms with E-state index < -0.39 is 0 Å². The Bertz CT molecular complexity index is 676. The molecule has 0 radical (unpaired) electrons. The van der Waals surface area contributed by atoms with Crippen molar-refractivity contribution < 1.29 is 4.74 Å². The number of nitrogens with one attached hydrogen (secondary N) is 1. The minimum atomic E-state index is -0.213. The molecule has 114 valence electrons. The minimum Gasteiger partial charge on any atom is -0.491 e. The van der Waals surface area contributed by atoms with Crippen molar-refractivity contribution in [3.05, 3.63) is 28.7 Å². The van der Waals surface area contributed by atoms with Gasteiger partial charge in [-0.2, -0.15) is 0 Å². The highest BCUT2D eigenvalue weighted by Gasteiger charge is 2.13. The Balaban J connectivity index is 2.31. The summed E-state index contributed by atoms with van der Waals surface area (Å²) in [6.07, 6.45) is 0.0730. The summed E-state index contributed by atoms with van der Waals surface area (Å²) >= 11 is 1.38. The molecule has 0 aliphatic carbocycles. The Labute approximate surface area is 127 Å². The van der Waals surface area contributed by atoms with E-state index in [-0.39, 0.29) is 17.8 Å². The van der Waals surface area contributed by atoms with Crippen LogP contribution in [0.15, 0.2) is 33.0 Å². The van der Waals surface area contributed by atoms with Gasteiger partial charge in [0, 0.05) is 22.7 Å². The molecule has 2 rings (SSSR count). The molecule has 0 bridgehead atoms. The van der Waals surface area contributed by atoms with Crippen LogP contribution in [0.2, 0.25) is 0 Å². The van der Waals surface area contributed by atoms with Gasteiger partial charge >= 0.3 is 5.69 Å². The lowest BCUT2D eigenvalue weighted by Crippen LogP contribution is -2.19. The van der Waals surface area contributed by atoms with E-state index in [1.165, 1.54) is 11.8 Å². The summed E-state index contributed by atoms with van der Waals surface area (Å²) in [4.78, 5) is 12.6. The first-order valence-electron chi connectivity index (χ1n) is 6.78. The zero-order valence-corrected chi connectivity index (χ0v) is 13.4. The highest BCUT2D eigenvalue weighted by molar-refractivity contribution is 7.99. The predicted octanol–water partition coefficient (Wildman–Crippen LogP) is 2.67. The molecule has 0 aliphatic heterocycles. The number of hydrogen-bond donors (Lipinski definition) is 2. The quantitative estimate of drug-likeness (QED) is 0.829. The first kappa shape index (κ1) is 15.5. The van der Waals surface area contributed by atoms with Crippen LogP contribution in [0.25, 0.3) is 0 Å². The Hall–Kier alpha value is -1.89. The Morgan fingerprint density at radius 3 is 2.62 bits per heavy atom. The van der Waals surface area contributed by atoms with Crippen molar-refractivity contribution in [1.29, 1.82) is 0 Å². The Morgan fingerprint density at radius 1 is 1.29 bits per heavy atom. The molecular formula is C14H20N4O2S. The summed E-state index contributed by atoms with van der Waals surface area (Å²) in [7, 11) is 0. The maximum absolute atomic E-state index is 11.7. The van der Waals surface area contributed by atoms with E-state index in [9.17, 15) is 4.79 Å². The van der Waals surface area contributed by atoms with E-state index in [4.69, 9.17) is 10.5 Å². The van der Waals surface area contributed by atoms with Crippen LogP contribution < -0.4 is 16.2 Å². The van der Waals surface area contributed by atoms with E-state index >= 15 is 0 Å². The second kappa shape index (κ2) is 6.26. The third kappa shape index (κ3) is 3.81. The number of nitrogens with two attached hydrogens (primary N) is 1. The number of aromatic amines is 1. The van der Waals surface area contributed by atoms with Gasteiger partial charge in [0.15, 0.2) is 5.16 Å². The van der Waals surface area contributed by atoms with Crippen LogP contribution in [0.1, 0.15) is 33.7 Å². The fraction of sp³-hybridized carbons (Fsp3) is 0.429. The van der Waals surface area contributed by atoms with E-state index in [2.05, 4.69) is 10.2 Å². The third-order valence-corrected chi connectivity index (χ3v) is 3.61. The number of nitrogen functional groups attached to an aromatic ring is 1. The fourth-order valence-corrected chi connectivity index (χ4v) is 2.98. The molecule has 1 aromatic heterocycles. The molecule has 0 aliphatic rings. The Morgan fingerprint density at radius 2 is 2.00 bits per heavy atom. The van der Waals surface area contributed by atoms with Crippen molar-refractivity contribution in [3.63, 3.8) is 0 Å². The number of H-pyrrole nitrogens is 1. The molecule has 0 atom stereocenters. The summed E-state index contributed by atoms with van der Waals surface area (Å²) in [6, 6.07) is 5.54. The normalized spacial score (nSPS) is 11.3. The molecule has 0 saturated heterocycles. The first-order chi connectivity index (χ1) is 9.86. The molecule has 0 saturated carbocycles. The highest BCUT2D eigenvalue weighted by atomic mass is 32.2. The first-order valence-corrected chi connectivity index (χ1v) is 7.60. The zero-order valence-electron chi connectivity index (χ0n) is 12.6. The molecular weight excluding hydrogens is 288 g/mol. The summed E-state index contributed by atoms with van der Waals surface area (Å²) in [6.45, 7) is 7.79. The van der Waals surface area contributed by atoms with Crippen LogP contribution >= 0.6 is 11.8 Å². The number of rotatable bonds is 5. The van der Waals surface area contributed by atoms with Gasteiger partial charge in [-0.15, -0.1) is 5.10 Å². The van der Waals surface area contributed by atoms with Gasteiger partial charge in [0.2, 0.25) is 0 Å². The van der Waals surface area contributed by atoms with Gasteiger partial charge in [0.25, 0.3) is 0 Å². The van der Waals surface area contributed by atoms with Crippen molar-refractivity contribution in [1.82, 2.24) is 14.8 Å². The minimum absolute atomic E-state index is 0.0335. The monoisotopic (exact) mass is 308 g/mol. The Kier molecular flexibility index (Phi) is 4.62. The van der Waals surface area contributed by atoms with Gasteiger partial charge in [-0.05, 0) is 51.6 Å². The molecule has 0 spiro atoms. The number of benzene rings is 1. The largest absolute Gasteiger partial charge is 0.491 e. The summed E-state index contributed by atoms with van der Waals surface area (Å²) in [5.41, 5.74) is 6.30. The van der Waals surface area contributed by atoms with Crippen molar-refractivity contribution >= 4 is 17.4 Å². The van der Waals surface area contributed by atoms with Gasteiger partial charge in [-0.3, -0.25) is 4.57 Å². The summed E-state index contributed by atoms with van der Waals surface area (Å²) in [5.74, 6) is 0.710. The van der Waals surface area contributed by atoms with Crippen LogP contribution in [-0.4, -0.2) is 20.9 Å². The topological polar surface area (TPSA) is 85.9 Å². The number of aromatic nitrogens is 3. The van der Waals surface area contributed by atoms with Crippen molar-refractivity contribution in [2.75, 3.05) is 5.73 Å². The van der Waals surface area contributed by atoms with E-state index in [0.29, 0.717) is 16.6 Å². The molecule has 2 aromatic rings. The molecule has 21 heavy (non-hydrogen) atoms. The molecule has 0 fully saturated rings. The second-order valence-electron chi connectivity index (χ2n) is 5.28. The fourth-order valence-electron chi connectivity index (χ4n) is 1.92. The molecule has 0 unspecified atom stereocenters. The lowest BCUT2D eigenvalue weighted by molar-refractivity contribution is 0.242. The average molecular weight is 308 g/mol. The second-order valence-corrected chi connectivity index (χ2v) is 6.32. The van der Waals surface area contributed by atoms with Crippen LogP contribution in [0.5, 0.6) is 5.75 Å². The summed E-state index contributed by atoms with van der Waals surface area (Å²) < 4.78 is 7.27. The van der Waals surface area contributed by atoms with Crippen LogP contribution in [-0.2, 0) is 0 Å². The van der Waals surface area contributed by atoms with Gasteiger partial charge in [-0.25, -0.2) is 9.89 Å². The lowest BCUT2D eigenvalue weighted by atomic mass is 10.3. The average Bonchev–Trinajstić information content (AvgIpc) is 2.68. The standard InChI is InChI=1S/C14H20N4O2S/c1-8(2)18-13(19)16-17-14(18)21-12-6-10(15)5-11(7-12)20-9(3)4/h5-9H,15H2,1-4H3,(H,16,19). The highest BCUT2D eigenvalue weighted by Crippen LogP contribution is 2.31. The van der Waals surface area contributed by atoms with Crippen molar-refractivity contribution in [2.45, 2.75) is 49.9 Å². The molecule has 7 heteroatoms. The van der Waals surface area contributed by atoms with Gasteiger partial charge in [-0.1, -0.05) is 0 Å². The number of ether oxygens (including phenoxy) is 1. The van der Waals surface area contributed by atoms with Crippen LogP contribution in [0.3, 0.4) is 0 Å². The molecule has 6 nitrogen and oxygen atoms in total. The molecule has 1 aromatic carbocycles. The lowest BCUT2D eigenvalue weighted by Gasteiger charge is -2.12. The molecule has 0 amide bonds. The van der Waals surface area contributed by atoms with Crippen LogP contribution in [0, 0.1) is 0 Å². The smallest absolute Gasteiger partial charge is 0.344 e. The van der Waals surface area contributed by atoms with Crippen molar-refractivity contribution in [3.8, 4) is 5.75 Å². The van der Waals surface area contributed by atoms with E-state index in [1.807, 2.05) is 39.8 Å². The van der Waals surface area contributed by atoms with Gasteiger partial charge in [0.05, 0.1) is 6.10 Å². The maximum Gasteiger partial charge on any atom is 0.344 e. The van der Waals surface area contributed by atoms with E-state index in [1.54, 1.807) is 10.6 Å². The number of nitrogens with zero attached hydrogens (tertiary/aromatic N) is 2. The predicted molar refractivity (Wildman–Crippen MR) is 84.0 cm³/mol. The summed E-state index contributed by atoms with van der Waals surface area (Å²) in [5, 5.41) is 7.14. The van der Waals surface area contributed by atoms with Gasteiger partial charge in [0.1, 0.15) is 5.75 Å². The maximum atomic E-state index is 11.7. The third-order valence-electron chi connectivity index (χ3n) is 2.67. The molecule has 1 heterocycles. The van der Waals surface area contributed by atoms with Gasteiger partial charge < -0.3 is 10.5 Å². The zero-order chi connectivity index (χ0) is 15.6. The number of hydrogen-bond acceptors (Lipinski definition) is 5. The van der Waals surface area contributed by atoms with E-state index in [0.717, 1.165) is 4.90 Å². The van der Waals surface area contributed by atoms with Crippen molar-refractivity contribution in [2.24, 2.45) is 0 Å². The SMILES string of the molecule is CC(C)Oc1cc(N)cc(Sc2n[nH]c(=O)n2C(C)C)c1. The number of anilines is 1. The molecule has 3 N–H and O–H groups in total. The van der Waals surface area contributed by atoms with Crippen LogP contribution in [0.4, 0.5) is 5.69 Å².